The molecule has 0 bridgehead atoms. The average Bonchev–Trinajstić information content (AvgIpc) is 2.84. The molecular weight excluding hydrogens is 444 g/mol. The zero-order valence-corrected chi connectivity index (χ0v) is 19.7. The molecule has 1 aromatic carbocycles. The number of carbonyl (C=O) groups excluding carboxylic acids is 1. The lowest BCUT2D eigenvalue weighted by molar-refractivity contribution is -0.142. The van der Waals surface area contributed by atoms with Gasteiger partial charge in [0.2, 0.25) is 0 Å². The Morgan fingerprint density at radius 2 is 1.59 bits per heavy atom. The minimum Gasteiger partial charge on any atom is -0.489 e. The molecule has 1 unspecified atom stereocenters. The van der Waals surface area contributed by atoms with E-state index in [0.717, 1.165) is 5.56 Å². The van der Waals surface area contributed by atoms with Crippen LogP contribution in [-0.2, 0) is 37.2 Å². The van der Waals surface area contributed by atoms with Gasteiger partial charge < -0.3 is 35.2 Å². The number of aromatic nitrogens is 2. The summed E-state index contributed by atoms with van der Waals surface area (Å²) in [5.74, 6) is -0.118. The molecule has 1 atom stereocenters. The first kappa shape index (κ1) is 27.4. The molecule has 0 aliphatic carbocycles. The normalized spacial score (nSPS) is 11.9. The van der Waals surface area contributed by atoms with Crippen LogP contribution in [0, 0.1) is 0 Å². The Kier molecular flexibility index (Phi) is 12.2. The first-order chi connectivity index (χ1) is 16.5. The highest BCUT2D eigenvalue weighted by Gasteiger charge is 2.16. The van der Waals surface area contributed by atoms with Crippen LogP contribution in [0.1, 0.15) is 5.56 Å². The van der Waals surface area contributed by atoms with Gasteiger partial charge in [-0.15, -0.1) is 0 Å². The lowest BCUT2D eigenvalue weighted by atomic mass is 10.0. The van der Waals surface area contributed by atoms with Gasteiger partial charge in [0.05, 0.1) is 58.5 Å². The Hall–Kier alpha value is -2.83. The van der Waals surface area contributed by atoms with Crippen molar-refractivity contribution >= 4 is 5.97 Å². The van der Waals surface area contributed by atoms with Gasteiger partial charge in [-0.2, -0.15) is 5.10 Å². The second-order valence-electron chi connectivity index (χ2n) is 7.32. The molecule has 0 saturated heterocycles. The summed E-state index contributed by atoms with van der Waals surface area (Å²) in [5.41, 5.74) is 12.8. The Bertz CT molecular complexity index is 934. The maximum absolute atomic E-state index is 12.8. The maximum atomic E-state index is 12.8. The number of hydrogen-bond donors (Lipinski definition) is 2. The van der Waals surface area contributed by atoms with E-state index in [1.54, 1.807) is 19.2 Å². The number of hydrogen-bond acceptors (Lipinski definition) is 10. The number of ether oxygens (including phenoxy) is 5. The smallest absolute Gasteiger partial charge is 0.322 e. The van der Waals surface area contributed by atoms with E-state index in [0.29, 0.717) is 69.5 Å². The number of rotatable bonds is 16. The molecule has 2 aromatic rings. The fourth-order valence-corrected chi connectivity index (χ4v) is 3.03. The van der Waals surface area contributed by atoms with Gasteiger partial charge in [0.15, 0.2) is 5.75 Å². The van der Waals surface area contributed by atoms with E-state index in [1.807, 2.05) is 12.1 Å². The number of methoxy groups -OCH3 is 1. The van der Waals surface area contributed by atoms with Crippen LogP contribution in [0.3, 0.4) is 0 Å². The summed E-state index contributed by atoms with van der Waals surface area (Å²) in [6.45, 7) is 3.41. The molecule has 0 aliphatic rings. The molecular formula is C23H34N4O7. The van der Waals surface area contributed by atoms with Crippen LogP contribution in [0.25, 0.3) is 11.1 Å². The monoisotopic (exact) mass is 478 g/mol. The van der Waals surface area contributed by atoms with Gasteiger partial charge in [0.25, 0.3) is 5.56 Å². The van der Waals surface area contributed by atoms with Crippen molar-refractivity contribution in [1.29, 1.82) is 0 Å². The van der Waals surface area contributed by atoms with E-state index in [-0.39, 0.29) is 12.2 Å². The fraction of sp³-hybridized carbons (Fsp3) is 0.522. The van der Waals surface area contributed by atoms with Crippen LogP contribution in [0.5, 0.6) is 5.75 Å². The van der Waals surface area contributed by atoms with Crippen LogP contribution in [-0.4, -0.2) is 81.7 Å². The Balaban J connectivity index is 1.89. The number of nitrogens with two attached hydrogens (primary N) is 2. The summed E-state index contributed by atoms with van der Waals surface area (Å²) in [6.07, 6.45) is 1.83. The third-order valence-electron chi connectivity index (χ3n) is 4.80. The topological polar surface area (TPSA) is 150 Å². The van der Waals surface area contributed by atoms with E-state index < -0.39 is 12.0 Å². The van der Waals surface area contributed by atoms with E-state index in [9.17, 15) is 9.59 Å². The van der Waals surface area contributed by atoms with Crippen molar-refractivity contribution in [2.24, 2.45) is 18.5 Å². The Labute approximate surface area is 198 Å². The van der Waals surface area contributed by atoms with E-state index >= 15 is 0 Å². The molecule has 1 heterocycles. The third kappa shape index (κ3) is 8.84. The number of nitrogens with zero attached hydrogens (tertiary/aromatic N) is 2. The molecule has 0 spiro atoms. The largest absolute Gasteiger partial charge is 0.489 e. The molecule has 188 valence electrons. The fourth-order valence-electron chi connectivity index (χ4n) is 3.03. The molecule has 11 heteroatoms. The summed E-state index contributed by atoms with van der Waals surface area (Å²) in [7, 11) is 2.87. The van der Waals surface area contributed by atoms with E-state index in [2.05, 4.69) is 9.84 Å². The van der Waals surface area contributed by atoms with Crippen LogP contribution in [0.2, 0.25) is 0 Å². The van der Waals surface area contributed by atoms with Gasteiger partial charge in [-0.25, -0.2) is 4.68 Å². The summed E-state index contributed by atoms with van der Waals surface area (Å²) in [6, 6.07) is 6.44. The van der Waals surface area contributed by atoms with Gasteiger partial charge in [-0.1, -0.05) is 24.3 Å². The predicted molar refractivity (Wildman–Crippen MR) is 126 cm³/mol. The SMILES string of the molecule is COC(=O)C(N)Cc1ccc(-c2c(OCCOCCOCCOCCN)cnn(C)c2=O)cc1. The zero-order valence-electron chi connectivity index (χ0n) is 19.7. The van der Waals surface area contributed by atoms with Crippen LogP contribution in [0.4, 0.5) is 0 Å². The molecule has 0 aliphatic heterocycles. The third-order valence-corrected chi connectivity index (χ3v) is 4.80. The average molecular weight is 479 g/mol. The van der Waals surface area contributed by atoms with Crippen molar-refractivity contribution in [2.45, 2.75) is 12.5 Å². The van der Waals surface area contributed by atoms with Crippen molar-refractivity contribution in [2.75, 3.05) is 59.9 Å². The highest BCUT2D eigenvalue weighted by Crippen LogP contribution is 2.26. The summed E-state index contributed by atoms with van der Waals surface area (Å²) < 4.78 is 27.8. The number of aryl methyl sites for hydroxylation is 1. The molecule has 0 radical (unpaired) electrons. The number of esters is 1. The molecule has 0 amide bonds. The summed E-state index contributed by atoms with van der Waals surface area (Å²) in [4.78, 5) is 24.3. The van der Waals surface area contributed by atoms with Crippen molar-refractivity contribution < 1.29 is 28.5 Å². The minimum atomic E-state index is -0.751. The standard InChI is InChI=1S/C23H34N4O7/c1-27-22(28)21(18-5-3-17(4-6-18)15-19(25)23(29)30-2)20(16-26-27)34-14-13-33-12-11-32-10-9-31-8-7-24/h3-6,16,19H,7-15,24-25H2,1-2H3. The molecule has 0 saturated carbocycles. The molecule has 0 fully saturated rings. The van der Waals surface area contributed by atoms with Gasteiger partial charge in [-0.3, -0.25) is 9.59 Å². The van der Waals surface area contributed by atoms with Crippen molar-refractivity contribution in [1.82, 2.24) is 9.78 Å². The number of carbonyl (C=O) groups is 1. The van der Waals surface area contributed by atoms with Crippen molar-refractivity contribution in [3.63, 3.8) is 0 Å². The predicted octanol–water partition coefficient (Wildman–Crippen LogP) is -0.123. The molecule has 34 heavy (non-hydrogen) atoms. The van der Waals surface area contributed by atoms with Crippen LogP contribution >= 0.6 is 0 Å². The Morgan fingerprint density at radius 1 is 1.00 bits per heavy atom. The summed E-state index contributed by atoms with van der Waals surface area (Å²) in [5, 5.41) is 4.05. The molecule has 4 N–H and O–H groups in total. The van der Waals surface area contributed by atoms with Crippen molar-refractivity contribution in [3.05, 3.63) is 46.4 Å². The van der Waals surface area contributed by atoms with Crippen LogP contribution in [0.15, 0.2) is 35.3 Å². The van der Waals surface area contributed by atoms with Gasteiger partial charge >= 0.3 is 5.97 Å². The van der Waals surface area contributed by atoms with Crippen molar-refractivity contribution in [3.8, 4) is 16.9 Å². The lowest BCUT2D eigenvalue weighted by Gasteiger charge is -2.13. The van der Waals surface area contributed by atoms with Gasteiger partial charge in [-0.05, 0) is 17.5 Å². The maximum Gasteiger partial charge on any atom is 0.322 e. The highest BCUT2D eigenvalue weighted by atomic mass is 16.6. The molecule has 2 rings (SSSR count). The Morgan fingerprint density at radius 3 is 2.18 bits per heavy atom. The number of benzene rings is 1. The minimum absolute atomic E-state index is 0.244. The quantitative estimate of drug-likeness (QED) is 0.247. The van der Waals surface area contributed by atoms with Gasteiger partial charge in [0.1, 0.15) is 12.6 Å². The van der Waals surface area contributed by atoms with Crippen LogP contribution < -0.4 is 21.8 Å². The molecule has 1 aromatic heterocycles. The van der Waals surface area contributed by atoms with E-state index in [1.165, 1.54) is 18.0 Å². The first-order valence-corrected chi connectivity index (χ1v) is 11.0. The summed E-state index contributed by atoms with van der Waals surface area (Å²) >= 11 is 0. The highest BCUT2D eigenvalue weighted by molar-refractivity contribution is 5.76. The second kappa shape index (κ2) is 15.1. The second-order valence-corrected chi connectivity index (χ2v) is 7.32. The lowest BCUT2D eigenvalue weighted by Crippen LogP contribution is -2.33. The molecule has 11 nitrogen and oxygen atoms in total. The van der Waals surface area contributed by atoms with Gasteiger partial charge in [0, 0.05) is 13.6 Å². The van der Waals surface area contributed by atoms with E-state index in [4.69, 9.17) is 30.4 Å². The zero-order chi connectivity index (χ0) is 24.8. The first-order valence-electron chi connectivity index (χ1n) is 11.0.